The van der Waals surface area contributed by atoms with Gasteiger partial charge in [-0.2, -0.15) is 0 Å². The van der Waals surface area contributed by atoms with Crippen molar-refractivity contribution in [1.82, 2.24) is 19.8 Å². The molecule has 5 nitrogen and oxygen atoms in total. The smallest absolute Gasteiger partial charge is 0.272 e. The topological polar surface area (TPSA) is 49.3 Å². The first-order valence-corrected chi connectivity index (χ1v) is 9.80. The average Bonchev–Trinajstić information content (AvgIpc) is 3.16. The Morgan fingerprint density at radius 1 is 1.07 bits per heavy atom. The van der Waals surface area contributed by atoms with Gasteiger partial charge in [-0.1, -0.05) is 42.5 Å². The van der Waals surface area contributed by atoms with E-state index in [2.05, 4.69) is 51.3 Å². The van der Waals surface area contributed by atoms with Crippen molar-refractivity contribution < 1.29 is 4.79 Å². The van der Waals surface area contributed by atoms with Crippen LogP contribution >= 0.6 is 0 Å². The number of carbonyl (C=O) groups is 1. The summed E-state index contributed by atoms with van der Waals surface area (Å²) in [5.41, 5.74) is 4.03. The highest BCUT2D eigenvalue weighted by Gasteiger charge is 2.28. The Bertz CT molecular complexity index is 839. The second-order valence-electron chi connectivity index (χ2n) is 7.30. The van der Waals surface area contributed by atoms with Crippen LogP contribution in [0.3, 0.4) is 0 Å². The number of carbonyl (C=O) groups excluding carboxylic acids is 1. The molecule has 0 bridgehead atoms. The van der Waals surface area contributed by atoms with Crippen LogP contribution in [0.15, 0.2) is 36.4 Å². The molecule has 2 aliphatic rings. The third-order valence-corrected chi connectivity index (χ3v) is 5.38. The normalized spacial score (nSPS) is 17.4. The number of hydrogen-bond donors (Lipinski definition) is 0. The van der Waals surface area contributed by atoms with E-state index < -0.39 is 0 Å². The number of amides is 1. The van der Waals surface area contributed by atoms with Gasteiger partial charge in [0, 0.05) is 44.0 Å². The first-order valence-electron chi connectivity index (χ1n) is 9.80. The zero-order chi connectivity index (χ0) is 18.6. The minimum atomic E-state index is 0.0816. The Labute approximate surface area is 160 Å². The van der Waals surface area contributed by atoms with Gasteiger partial charge in [-0.25, -0.2) is 9.97 Å². The number of benzene rings is 1. The van der Waals surface area contributed by atoms with Crippen molar-refractivity contribution in [3.8, 4) is 0 Å². The van der Waals surface area contributed by atoms with Crippen LogP contribution in [-0.2, 0) is 12.8 Å². The highest BCUT2D eigenvalue weighted by atomic mass is 16.2. The minimum Gasteiger partial charge on any atom is -0.335 e. The molecular weight excluding hydrogens is 336 g/mol. The standard InChI is InChI=1S/C22H26N4O/c1-17-23-20-11-5-10-19(20)21(24-17)22(27)26-15-13-25(14-16-26)12-6-9-18-7-3-2-4-8-18/h2-4,6-9H,5,10-16H2,1H3. The van der Waals surface area contributed by atoms with Crippen LogP contribution in [0, 0.1) is 6.92 Å². The average molecular weight is 362 g/mol. The van der Waals surface area contributed by atoms with Gasteiger partial charge in [0.25, 0.3) is 5.91 Å². The molecule has 5 heteroatoms. The Kier molecular flexibility index (Phi) is 5.30. The van der Waals surface area contributed by atoms with E-state index in [0.29, 0.717) is 11.5 Å². The third-order valence-electron chi connectivity index (χ3n) is 5.38. The van der Waals surface area contributed by atoms with Crippen LogP contribution in [0.4, 0.5) is 0 Å². The molecular formula is C22H26N4O. The lowest BCUT2D eigenvalue weighted by Crippen LogP contribution is -2.49. The van der Waals surface area contributed by atoms with E-state index in [4.69, 9.17) is 0 Å². The quantitative estimate of drug-likeness (QED) is 0.839. The summed E-state index contributed by atoms with van der Waals surface area (Å²) in [7, 11) is 0. The summed E-state index contributed by atoms with van der Waals surface area (Å²) in [6, 6.07) is 10.3. The number of piperazine rings is 1. The molecule has 0 atom stereocenters. The van der Waals surface area contributed by atoms with E-state index in [0.717, 1.165) is 63.2 Å². The zero-order valence-electron chi connectivity index (χ0n) is 15.9. The van der Waals surface area contributed by atoms with Crippen molar-refractivity contribution in [2.75, 3.05) is 32.7 Å². The molecule has 1 amide bonds. The molecule has 0 radical (unpaired) electrons. The Hall–Kier alpha value is -2.53. The fraction of sp³-hybridized carbons (Fsp3) is 0.409. The summed E-state index contributed by atoms with van der Waals surface area (Å²) in [4.78, 5) is 26.4. The van der Waals surface area contributed by atoms with Crippen molar-refractivity contribution in [1.29, 1.82) is 0 Å². The van der Waals surface area contributed by atoms with Gasteiger partial charge in [0.15, 0.2) is 0 Å². The predicted octanol–water partition coefficient (Wildman–Crippen LogP) is 2.74. The predicted molar refractivity (Wildman–Crippen MR) is 107 cm³/mol. The summed E-state index contributed by atoms with van der Waals surface area (Å²) in [6.45, 7) is 6.12. The van der Waals surface area contributed by atoms with E-state index in [9.17, 15) is 4.79 Å². The second-order valence-corrected chi connectivity index (χ2v) is 7.30. The van der Waals surface area contributed by atoms with Crippen molar-refractivity contribution in [2.45, 2.75) is 26.2 Å². The zero-order valence-corrected chi connectivity index (χ0v) is 15.9. The highest BCUT2D eigenvalue weighted by molar-refractivity contribution is 5.94. The molecule has 1 aliphatic heterocycles. The number of aromatic nitrogens is 2. The summed E-state index contributed by atoms with van der Waals surface area (Å²) in [6.07, 6.45) is 7.34. The Balaban J connectivity index is 1.34. The van der Waals surface area contributed by atoms with Gasteiger partial charge in [0.1, 0.15) is 11.5 Å². The van der Waals surface area contributed by atoms with E-state index in [1.165, 1.54) is 5.56 Å². The molecule has 1 aromatic carbocycles. The molecule has 2 heterocycles. The molecule has 0 unspecified atom stereocenters. The van der Waals surface area contributed by atoms with Crippen LogP contribution in [0.25, 0.3) is 6.08 Å². The number of aryl methyl sites for hydroxylation is 2. The lowest BCUT2D eigenvalue weighted by molar-refractivity contribution is 0.0643. The first-order chi connectivity index (χ1) is 13.2. The maximum absolute atomic E-state index is 13.0. The SMILES string of the molecule is Cc1nc2c(c(C(=O)N3CCN(CC=Cc4ccccc4)CC3)n1)CCC2. The lowest BCUT2D eigenvalue weighted by atomic mass is 10.1. The van der Waals surface area contributed by atoms with Gasteiger partial charge in [0.2, 0.25) is 0 Å². The van der Waals surface area contributed by atoms with Crippen LogP contribution in [0.1, 0.15) is 39.6 Å². The molecule has 1 aromatic heterocycles. The van der Waals surface area contributed by atoms with E-state index >= 15 is 0 Å². The fourth-order valence-corrected chi connectivity index (χ4v) is 3.92. The monoisotopic (exact) mass is 362 g/mol. The largest absolute Gasteiger partial charge is 0.335 e. The molecule has 140 valence electrons. The third kappa shape index (κ3) is 4.08. The number of hydrogen-bond acceptors (Lipinski definition) is 4. The van der Waals surface area contributed by atoms with E-state index in [1.807, 2.05) is 17.9 Å². The number of fused-ring (bicyclic) bond motifs is 1. The summed E-state index contributed by atoms with van der Waals surface area (Å²) >= 11 is 0. The molecule has 1 saturated heterocycles. The number of rotatable bonds is 4. The molecule has 0 N–H and O–H groups in total. The first kappa shape index (κ1) is 17.9. The number of nitrogens with zero attached hydrogens (tertiary/aromatic N) is 4. The maximum Gasteiger partial charge on any atom is 0.272 e. The van der Waals surface area contributed by atoms with Gasteiger partial charge in [-0.3, -0.25) is 9.69 Å². The Morgan fingerprint density at radius 2 is 1.85 bits per heavy atom. The van der Waals surface area contributed by atoms with Crippen LogP contribution in [0.2, 0.25) is 0 Å². The van der Waals surface area contributed by atoms with Gasteiger partial charge >= 0.3 is 0 Å². The van der Waals surface area contributed by atoms with Crippen molar-refractivity contribution in [3.63, 3.8) is 0 Å². The highest BCUT2D eigenvalue weighted by Crippen LogP contribution is 2.24. The summed E-state index contributed by atoms with van der Waals surface area (Å²) < 4.78 is 0. The Morgan fingerprint density at radius 3 is 2.63 bits per heavy atom. The van der Waals surface area contributed by atoms with E-state index in [1.54, 1.807) is 0 Å². The molecule has 0 spiro atoms. The van der Waals surface area contributed by atoms with Gasteiger partial charge in [-0.05, 0) is 31.7 Å². The molecule has 0 saturated carbocycles. The van der Waals surface area contributed by atoms with Crippen molar-refractivity contribution >= 4 is 12.0 Å². The second kappa shape index (κ2) is 8.01. The minimum absolute atomic E-state index is 0.0816. The van der Waals surface area contributed by atoms with E-state index in [-0.39, 0.29) is 5.91 Å². The molecule has 27 heavy (non-hydrogen) atoms. The molecule has 1 aliphatic carbocycles. The molecule has 2 aromatic rings. The van der Waals surface area contributed by atoms with Crippen molar-refractivity contribution in [3.05, 3.63) is 64.7 Å². The molecule has 4 rings (SSSR count). The van der Waals surface area contributed by atoms with Gasteiger partial charge in [0.05, 0.1) is 0 Å². The van der Waals surface area contributed by atoms with Crippen LogP contribution < -0.4 is 0 Å². The lowest BCUT2D eigenvalue weighted by Gasteiger charge is -2.34. The van der Waals surface area contributed by atoms with Crippen molar-refractivity contribution in [2.24, 2.45) is 0 Å². The van der Waals surface area contributed by atoms with Gasteiger partial charge in [-0.15, -0.1) is 0 Å². The van der Waals surface area contributed by atoms with Crippen LogP contribution in [-0.4, -0.2) is 58.4 Å². The summed E-state index contributed by atoms with van der Waals surface area (Å²) in [5, 5.41) is 0. The molecule has 1 fully saturated rings. The fourth-order valence-electron chi connectivity index (χ4n) is 3.92. The van der Waals surface area contributed by atoms with Gasteiger partial charge < -0.3 is 4.90 Å². The summed E-state index contributed by atoms with van der Waals surface area (Å²) in [5.74, 6) is 0.793. The maximum atomic E-state index is 13.0. The van der Waals surface area contributed by atoms with Crippen LogP contribution in [0.5, 0.6) is 0 Å².